The molecular formula is C12H16N2O2. The highest BCUT2D eigenvalue weighted by Gasteiger charge is 2.51. The van der Waals surface area contributed by atoms with Gasteiger partial charge in [-0.05, 0) is 31.7 Å². The van der Waals surface area contributed by atoms with Crippen LogP contribution in [0.15, 0.2) is 16.7 Å². The van der Waals surface area contributed by atoms with Gasteiger partial charge in [0.05, 0.1) is 11.1 Å². The maximum atomic E-state index is 12.0. The van der Waals surface area contributed by atoms with E-state index in [0.29, 0.717) is 24.6 Å². The zero-order valence-corrected chi connectivity index (χ0v) is 9.40. The maximum Gasteiger partial charge on any atom is 0.257 e. The van der Waals surface area contributed by atoms with E-state index in [1.54, 1.807) is 6.07 Å². The molecule has 16 heavy (non-hydrogen) atoms. The Morgan fingerprint density at radius 2 is 2.25 bits per heavy atom. The van der Waals surface area contributed by atoms with Crippen LogP contribution in [0.25, 0.3) is 0 Å². The highest BCUT2D eigenvalue weighted by Crippen LogP contribution is 2.43. The lowest BCUT2D eigenvalue weighted by atomic mass is 9.85. The molecule has 86 valence electrons. The van der Waals surface area contributed by atoms with Gasteiger partial charge in [0.15, 0.2) is 0 Å². The van der Waals surface area contributed by atoms with E-state index in [4.69, 9.17) is 10.2 Å². The lowest BCUT2D eigenvalue weighted by Crippen LogP contribution is -2.69. The van der Waals surface area contributed by atoms with Gasteiger partial charge in [0.2, 0.25) is 0 Å². The summed E-state index contributed by atoms with van der Waals surface area (Å²) in [6.07, 6.45) is 3.97. The van der Waals surface area contributed by atoms with Crippen molar-refractivity contribution in [3.05, 3.63) is 23.7 Å². The molecule has 0 unspecified atom stereocenters. The number of nitrogens with zero attached hydrogens (tertiary/aromatic N) is 1. The van der Waals surface area contributed by atoms with Crippen LogP contribution in [0.4, 0.5) is 0 Å². The van der Waals surface area contributed by atoms with E-state index in [-0.39, 0.29) is 11.4 Å². The summed E-state index contributed by atoms with van der Waals surface area (Å²) in [6.45, 7) is 3.23. The first kappa shape index (κ1) is 9.90. The molecule has 0 atom stereocenters. The Morgan fingerprint density at radius 3 is 2.75 bits per heavy atom. The van der Waals surface area contributed by atoms with Crippen LogP contribution < -0.4 is 5.73 Å². The molecule has 1 amide bonds. The highest BCUT2D eigenvalue weighted by molar-refractivity contribution is 5.94. The van der Waals surface area contributed by atoms with Gasteiger partial charge in [-0.15, -0.1) is 0 Å². The third-order valence-electron chi connectivity index (χ3n) is 3.63. The van der Waals surface area contributed by atoms with Gasteiger partial charge in [-0.25, -0.2) is 0 Å². The molecule has 2 aliphatic rings. The average Bonchev–Trinajstić information content (AvgIpc) is 2.96. The lowest BCUT2D eigenvalue weighted by molar-refractivity contribution is 0.0350. The smallest absolute Gasteiger partial charge is 0.257 e. The minimum Gasteiger partial charge on any atom is -0.469 e. The molecule has 2 heterocycles. The molecule has 4 heteroatoms. The van der Waals surface area contributed by atoms with Crippen molar-refractivity contribution in [2.24, 2.45) is 11.7 Å². The number of hydrogen-bond donors (Lipinski definition) is 1. The maximum absolute atomic E-state index is 12.0. The molecule has 1 aliphatic heterocycles. The van der Waals surface area contributed by atoms with E-state index in [9.17, 15) is 4.79 Å². The third-order valence-corrected chi connectivity index (χ3v) is 3.63. The van der Waals surface area contributed by atoms with Crippen molar-refractivity contribution in [2.45, 2.75) is 25.3 Å². The Hall–Kier alpha value is -1.29. The van der Waals surface area contributed by atoms with Crippen LogP contribution in [0.3, 0.4) is 0 Å². The highest BCUT2D eigenvalue weighted by atomic mass is 16.3. The largest absolute Gasteiger partial charge is 0.469 e. The number of aryl methyl sites for hydroxylation is 1. The van der Waals surface area contributed by atoms with Gasteiger partial charge in [0, 0.05) is 13.1 Å². The van der Waals surface area contributed by atoms with Gasteiger partial charge < -0.3 is 15.1 Å². The molecule has 4 nitrogen and oxygen atoms in total. The fourth-order valence-corrected chi connectivity index (χ4v) is 2.46. The number of furan rings is 1. The van der Waals surface area contributed by atoms with Gasteiger partial charge in [-0.1, -0.05) is 0 Å². The molecule has 0 radical (unpaired) electrons. The summed E-state index contributed by atoms with van der Waals surface area (Å²) in [5.41, 5.74) is 6.73. The summed E-state index contributed by atoms with van der Waals surface area (Å²) in [5, 5.41) is 0. The minimum atomic E-state index is -0.103. The summed E-state index contributed by atoms with van der Waals surface area (Å²) < 4.78 is 5.14. The molecule has 1 saturated carbocycles. The summed E-state index contributed by atoms with van der Waals surface area (Å²) in [7, 11) is 0. The Balaban J connectivity index is 1.66. The number of carbonyl (C=O) groups is 1. The molecule has 2 N–H and O–H groups in total. The van der Waals surface area contributed by atoms with Gasteiger partial charge >= 0.3 is 0 Å². The number of nitrogens with two attached hydrogens (primary N) is 1. The predicted molar refractivity (Wildman–Crippen MR) is 59.0 cm³/mol. The van der Waals surface area contributed by atoms with Gasteiger partial charge in [-0.2, -0.15) is 0 Å². The SMILES string of the molecule is Cc1cc(C(=O)N2CC(N)(C3CC3)C2)co1. The topological polar surface area (TPSA) is 59.5 Å². The summed E-state index contributed by atoms with van der Waals surface area (Å²) in [5.74, 6) is 1.45. The van der Waals surface area contributed by atoms with E-state index in [0.717, 1.165) is 5.76 Å². The van der Waals surface area contributed by atoms with Gasteiger partial charge in [0.25, 0.3) is 5.91 Å². The molecule has 1 aliphatic carbocycles. The number of hydrogen-bond acceptors (Lipinski definition) is 3. The second-order valence-corrected chi connectivity index (χ2v) is 5.11. The fourth-order valence-electron chi connectivity index (χ4n) is 2.46. The summed E-state index contributed by atoms with van der Waals surface area (Å²) in [6, 6.07) is 1.77. The van der Waals surface area contributed by atoms with Crippen LogP contribution in [0.5, 0.6) is 0 Å². The number of amides is 1. The Morgan fingerprint density at radius 1 is 1.56 bits per heavy atom. The second kappa shape index (κ2) is 3.10. The number of carbonyl (C=O) groups excluding carboxylic acids is 1. The van der Waals surface area contributed by atoms with Crippen molar-refractivity contribution < 1.29 is 9.21 Å². The number of likely N-dealkylation sites (tertiary alicyclic amines) is 1. The van der Waals surface area contributed by atoms with Crippen LogP contribution in [0, 0.1) is 12.8 Å². The van der Waals surface area contributed by atoms with Crippen LogP contribution >= 0.6 is 0 Å². The molecule has 1 aromatic heterocycles. The first-order valence-electron chi connectivity index (χ1n) is 5.72. The van der Waals surface area contributed by atoms with Crippen molar-refractivity contribution >= 4 is 5.91 Å². The van der Waals surface area contributed by atoms with Crippen molar-refractivity contribution in [2.75, 3.05) is 13.1 Å². The van der Waals surface area contributed by atoms with E-state index in [1.165, 1.54) is 19.1 Å². The Labute approximate surface area is 94.4 Å². The van der Waals surface area contributed by atoms with E-state index < -0.39 is 0 Å². The molecule has 0 aromatic carbocycles. The van der Waals surface area contributed by atoms with Crippen molar-refractivity contribution in [3.63, 3.8) is 0 Å². The molecule has 1 saturated heterocycles. The normalized spacial score (nSPS) is 23.0. The quantitative estimate of drug-likeness (QED) is 0.813. The number of rotatable bonds is 2. The summed E-state index contributed by atoms with van der Waals surface area (Å²) >= 11 is 0. The van der Waals surface area contributed by atoms with E-state index >= 15 is 0 Å². The van der Waals surface area contributed by atoms with Crippen LogP contribution in [0.2, 0.25) is 0 Å². The second-order valence-electron chi connectivity index (χ2n) is 5.11. The summed E-state index contributed by atoms with van der Waals surface area (Å²) in [4.78, 5) is 13.8. The van der Waals surface area contributed by atoms with Crippen molar-refractivity contribution in [1.82, 2.24) is 4.90 Å². The zero-order valence-electron chi connectivity index (χ0n) is 9.40. The fraction of sp³-hybridized carbons (Fsp3) is 0.583. The average molecular weight is 220 g/mol. The van der Waals surface area contributed by atoms with Crippen LogP contribution in [0.1, 0.15) is 29.0 Å². The minimum absolute atomic E-state index is 0.0403. The molecule has 1 aromatic rings. The van der Waals surface area contributed by atoms with Crippen LogP contribution in [-0.2, 0) is 0 Å². The van der Waals surface area contributed by atoms with E-state index in [1.807, 2.05) is 11.8 Å². The van der Waals surface area contributed by atoms with Crippen LogP contribution in [-0.4, -0.2) is 29.4 Å². The molecule has 0 spiro atoms. The van der Waals surface area contributed by atoms with Crippen molar-refractivity contribution in [1.29, 1.82) is 0 Å². The van der Waals surface area contributed by atoms with Crippen molar-refractivity contribution in [3.8, 4) is 0 Å². The zero-order chi connectivity index (χ0) is 11.3. The molecule has 0 bridgehead atoms. The lowest BCUT2D eigenvalue weighted by Gasteiger charge is -2.48. The molecule has 2 fully saturated rings. The van der Waals surface area contributed by atoms with Gasteiger partial charge in [-0.3, -0.25) is 4.79 Å². The first-order chi connectivity index (χ1) is 7.58. The first-order valence-corrected chi connectivity index (χ1v) is 5.72. The van der Waals surface area contributed by atoms with Gasteiger partial charge in [0.1, 0.15) is 12.0 Å². The Bertz CT molecular complexity index is 428. The molecule has 3 rings (SSSR count). The third kappa shape index (κ3) is 1.45. The monoisotopic (exact) mass is 220 g/mol. The Kier molecular flexibility index (Phi) is 1.92. The standard InChI is InChI=1S/C12H16N2O2/c1-8-4-9(5-16-8)11(15)14-6-12(13,7-14)10-2-3-10/h4-5,10H,2-3,6-7,13H2,1H3. The molecular weight excluding hydrogens is 204 g/mol. The van der Waals surface area contributed by atoms with E-state index in [2.05, 4.69) is 0 Å². The predicted octanol–water partition coefficient (Wildman–Crippen LogP) is 1.15.